The van der Waals surface area contributed by atoms with E-state index in [9.17, 15) is 0 Å². The summed E-state index contributed by atoms with van der Waals surface area (Å²) in [5.41, 5.74) is 1.26. The molecule has 1 atom stereocenters. The van der Waals surface area contributed by atoms with Gasteiger partial charge >= 0.3 is 0 Å². The van der Waals surface area contributed by atoms with Gasteiger partial charge < -0.3 is 4.42 Å². The van der Waals surface area contributed by atoms with Gasteiger partial charge in [0.25, 0.3) is 0 Å². The summed E-state index contributed by atoms with van der Waals surface area (Å²) in [5.74, 6) is 1.60. The van der Waals surface area contributed by atoms with Crippen LogP contribution in [0.2, 0.25) is 0 Å². The van der Waals surface area contributed by atoms with E-state index in [-0.39, 0.29) is 5.41 Å². The van der Waals surface area contributed by atoms with E-state index in [1.54, 1.807) is 6.26 Å². The Hall–Kier alpha value is -1.21. The van der Waals surface area contributed by atoms with Gasteiger partial charge in [-0.2, -0.15) is 0 Å². The zero-order chi connectivity index (χ0) is 12.1. The van der Waals surface area contributed by atoms with E-state index in [1.165, 1.54) is 5.56 Å². The Labute approximate surface area is 107 Å². The number of rotatable bonds is 5. The maximum atomic E-state index is 6.23. The summed E-state index contributed by atoms with van der Waals surface area (Å²) in [6, 6.07) is 14.4. The molecular weight excluding hydrogens is 232 g/mol. The highest BCUT2D eigenvalue weighted by molar-refractivity contribution is 6.18. The maximum Gasteiger partial charge on any atom is 0.104 e. The van der Waals surface area contributed by atoms with Crippen LogP contribution in [0, 0.1) is 0 Å². The lowest BCUT2D eigenvalue weighted by molar-refractivity contribution is 0.399. The van der Waals surface area contributed by atoms with E-state index >= 15 is 0 Å². The molecule has 0 amide bonds. The first-order chi connectivity index (χ1) is 8.30. The van der Waals surface area contributed by atoms with Crippen molar-refractivity contribution in [2.24, 2.45) is 0 Å². The van der Waals surface area contributed by atoms with E-state index in [1.807, 2.05) is 18.2 Å². The van der Waals surface area contributed by atoms with Gasteiger partial charge in [-0.3, -0.25) is 0 Å². The third-order valence-corrected chi connectivity index (χ3v) is 3.92. The molecule has 1 aromatic heterocycles. The molecule has 0 N–H and O–H groups in total. The van der Waals surface area contributed by atoms with Crippen molar-refractivity contribution in [1.82, 2.24) is 0 Å². The molecule has 0 bridgehead atoms. The molecule has 0 saturated carbocycles. The Morgan fingerprint density at radius 3 is 2.41 bits per heavy atom. The molecule has 1 heterocycles. The van der Waals surface area contributed by atoms with Gasteiger partial charge in [0.2, 0.25) is 0 Å². The van der Waals surface area contributed by atoms with Gasteiger partial charge in [0.15, 0.2) is 0 Å². The van der Waals surface area contributed by atoms with Crippen molar-refractivity contribution < 1.29 is 4.42 Å². The van der Waals surface area contributed by atoms with Crippen molar-refractivity contribution in [3.63, 3.8) is 0 Å². The van der Waals surface area contributed by atoms with Crippen LogP contribution in [0.25, 0.3) is 0 Å². The Morgan fingerprint density at radius 1 is 1.12 bits per heavy atom. The third kappa shape index (κ3) is 2.55. The molecule has 0 radical (unpaired) electrons. The van der Waals surface area contributed by atoms with Gasteiger partial charge in [-0.15, -0.1) is 11.6 Å². The predicted molar refractivity (Wildman–Crippen MR) is 71.5 cm³/mol. The molecule has 0 fully saturated rings. The van der Waals surface area contributed by atoms with Gasteiger partial charge in [-0.25, -0.2) is 0 Å². The monoisotopic (exact) mass is 248 g/mol. The Kier molecular flexibility index (Phi) is 3.90. The summed E-state index contributed by atoms with van der Waals surface area (Å²) in [7, 11) is 0. The highest BCUT2D eigenvalue weighted by Crippen LogP contribution is 2.33. The minimum atomic E-state index is -0.0271. The third-order valence-electron chi connectivity index (χ3n) is 3.41. The normalized spacial score (nSPS) is 14.5. The summed E-state index contributed by atoms with van der Waals surface area (Å²) < 4.78 is 5.46. The van der Waals surface area contributed by atoms with Crippen LogP contribution in [-0.4, -0.2) is 5.88 Å². The molecular formula is C15H17ClO. The van der Waals surface area contributed by atoms with E-state index in [4.69, 9.17) is 16.0 Å². The molecule has 2 aromatic rings. The Balaban J connectivity index is 2.32. The average molecular weight is 249 g/mol. The fraction of sp³-hybridized carbons (Fsp3) is 0.333. The minimum Gasteiger partial charge on any atom is -0.469 e. The standard InChI is InChI=1S/C15H17ClO/c1-2-15(12-16,11-14-9-6-10-17-14)13-7-4-3-5-8-13/h3-10H,2,11-12H2,1H3. The van der Waals surface area contributed by atoms with Gasteiger partial charge in [-0.1, -0.05) is 37.3 Å². The number of alkyl halides is 1. The lowest BCUT2D eigenvalue weighted by Gasteiger charge is -2.30. The van der Waals surface area contributed by atoms with Crippen LogP contribution in [0.5, 0.6) is 0 Å². The first-order valence-electron chi connectivity index (χ1n) is 5.94. The minimum absolute atomic E-state index is 0.0271. The zero-order valence-corrected chi connectivity index (χ0v) is 10.8. The highest BCUT2D eigenvalue weighted by atomic mass is 35.5. The Bertz CT molecular complexity index is 429. The maximum absolute atomic E-state index is 6.23. The zero-order valence-electron chi connectivity index (χ0n) is 10.0. The van der Waals surface area contributed by atoms with E-state index in [2.05, 4.69) is 31.2 Å². The second-order valence-electron chi connectivity index (χ2n) is 4.39. The number of furan rings is 1. The Morgan fingerprint density at radius 2 is 1.88 bits per heavy atom. The fourth-order valence-electron chi connectivity index (χ4n) is 2.19. The summed E-state index contributed by atoms with van der Waals surface area (Å²) in [5, 5.41) is 0. The number of benzene rings is 1. The van der Waals surface area contributed by atoms with Crippen LogP contribution in [0.1, 0.15) is 24.7 Å². The number of hydrogen-bond donors (Lipinski definition) is 0. The van der Waals surface area contributed by atoms with Crippen molar-refractivity contribution in [3.05, 3.63) is 60.1 Å². The second kappa shape index (κ2) is 5.42. The molecule has 2 heteroatoms. The molecule has 0 spiro atoms. The smallest absolute Gasteiger partial charge is 0.104 e. The molecule has 2 rings (SSSR count). The van der Waals surface area contributed by atoms with E-state index in [0.717, 1.165) is 18.6 Å². The molecule has 17 heavy (non-hydrogen) atoms. The molecule has 1 unspecified atom stereocenters. The number of halogens is 1. The van der Waals surface area contributed by atoms with Gasteiger partial charge in [0.05, 0.1) is 6.26 Å². The van der Waals surface area contributed by atoms with Crippen molar-refractivity contribution in [2.45, 2.75) is 25.2 Å². The molecule has 0 aliphatic rings. The first kappa shape index (κ1) is 12.3. The molecule has 90 valence electrons. The summed E-state index contributed by atoms with van der Waals surface area (Å²) in [4.78, 5) is 0. The molecule has 1 aromatic carbocycles. The summed E-state index contributed by atoms with van der Waals surface area (Å²) in [6.45, 7) is 2.18. The lowest BCUT2D eigenvalue weighted by atomic mass is 9.76. The predicted octanol–water partition coefficient (Wildman–Crippen LogP) is 4.41. The van der Waals surface area contributed by atoms with Crippen molar-refractivity contribution >= 4 is 11.6 Å². The average Bonchev–Trinajstić information content (AvgIpc) is 2.90. The van der Waals surface area contributed by atoms with Crippen LogP contribution in [0.4, 0.5) is 0 Å². The van der Waals surface area contributed by atoms with Crippen molar-refractivity contribution in [2.75, 3.05) is 5.88 Å². The van der Waals surface area contributed by atoms with Gasteiger partial charge in [0, 0.05) is 17.7 Å². The van der Waals surface area contributed by atoms with Crippen LogP contribution in [0.15, 0.2) is 53.1 Å². The highest BCUT2D eigenvalue weighted by Gasteiger charge is 2.30. The van der Waals surface area contributed by atoms with Crippen LogP contribution >= 0.6 is 11.6 Å². The van der Waals surface area contributed by atoms with Crippen LogP contribution in [0.3, 0.4) is 0 Å². The number of hydrogen-bond acceptors (Lipinski definition) is 1. The van der Waals surface area contributed by atoms with E-state index in [0.29, 0.717) is 5.88 Å². The SMILES string of the molecule is CCC(CCl)(Cc1ccco1)c1ccccc1. The summed E-state index contributed by atoms with van der Waals surface area (Å²) in [6.07, 6.45) is 3.57. The molecule has 0 aliphatic heterocycles. The molecule has 1 nitrogen and oxygen atoms in total. The van der Waals surface area contributed by atoms with Gasteiger partial charge in [0.1, 0.15) is 5.76 Å². The molecule has 0 aliphatic carbocycles. The van der Waals surface area contributed by atoms with Crippen LogP contribution in [-0.2, 0) is 11.8 Å². The molecule has 0 saturated heterocycles. The topological polar surface area (TPSA) is 13.1 Å². The lowest BCUT2D eigenvalue weighted by Crippen LogP contribution is -2.30. The van der Waals surface area contributed by atoms with Crippen LogP contribution < -0.4 is 0 Å². The quantitative estimate of drug-likeness (QED) is 0.715. The van der Waals surface area contributed by atoms with Gasteiger partial charge in [-0.05, 0) is 24.1 Å². The van der Waals surface area contributed by atoms with Crippen molar-refractivity contribution in [3.8, 4) is 0 Å². The fourth-order valence-corrected chi connectivity index (χ4v) is 2.63. The summed E-state index contributed by atoms with van der Waals surface area (Å²) >= 11 is 6.23. The van der Waals surface area contributed by atoms with E-state index < -0.39 is 0 Å². The largest absolute Gasteiger partial charge is 0.469 e. The second-order valence-corrected chi connectivity index (χ2v) is 4.66. The first-order valence-corrected chi connectivity index (χ1v) is 6.48. The van der Waals surface area contributed by atoms with Crippen molar-refractivity contribution in [1.29, 1.82) is 0 Å².